The second kappa shape index (κ2) is 5.81. The molecule has 132 valence electrons. The van der Waals surface area contributed by atoms with Crippen LogP contribution < -0.4 is 5.32 Å². The Morgan fingerprint density at radius 2 is 1.96 bits per heavy atom. The molecule has 8 heteroatoms. The number of ether oxygens (including phenoxy) is 1. The van der Waals surface area contributed by atoms with E-state index >= 15 is 0 Å². The number of carbonyl (C=O) groups excluding carboxylic acids is 1. The van der Waals surface area contributed by atoms with Crippen molar-refractivity contribution >= 4 is 22.4 Å². The van der Waals surface area contributed by atoms with Gasteiger partial charge in [-0.15, -0.1) is 0 Å². The van der Waals surface area contributed by atoms with Crippen LogP contribution in [0.5, 0.6) is 0 Å². The van der Waals surface area contributed by atoms with Gasteiger partial charge in [0.15, 0.2) is 5.13 Å². The molecule has 1 saturated carbocycles. The number of halogens is 3. The highest BCUT2D eigenvalue weighted by Crippen LogP contribution is 2.49. The summed E-state index contributed by atoms with van der Waals surface area (Å²) in [6, 6.07) is 4.86. The lowest BCUT2D eigenvalue weighted by molar-refractivity contribution is -0.137. The van der Waals surface area contributed by atoms with E-state index in [1.807, 2.05) is 0 Å². The predicted octanol–water partition coefficient (Wildman–Crippen LogP) is 3.90. The average molecular weight is 368 g/mol. The predicted molar refractivity (Wildman–Crippen MR) is 86.5 cm³/mol. The van der Waals surface area contributed by atoms with Crippen molar-refractivity contribution in [3.63, 3.8) is 0 Å². The minimum atomic E-state index is -4.38. The molecule has 0 radical (unpaired) electrons. The lowest BCUT2D eigenvalue weighted by Crippen LogP contribution is -2.27. The Morgan fingerprint density at radius 3 is 2.56 bits per heavy atom. The first kappa shape index (κ1) is 16.5. The third-order valence-corrected chi connectivity index (χ3v) is 5.65. The molecule has 1 N–H and O–H groups in total. The normalized spacial score (nSPS) is 18.5. The van der Waals surface area contributed by atoms with E-state index in [0.717, 1.165) is 29.1 Å². The number of hydrogen-bond acceptors (Lipinski definition) is 4. The Balaban J connectivity index is 1.52. The van der Waals surface area contributed by atoms with Gasteiger partial charge in [-0.2, -0.15) is 13.2 Å². The van der Waals surface area contributed by atoms with E-state index in [9.17, 15) is 18.0 Å². The Labute approximate surface area is 146 Å². The molecule has 1 aromatic carbocycles. The van der Waals surface area contributed by atoms with Gasteiger partial charge in [0.25, 0.3) is 0 Å². The van der Waals surface area contributed by atoms with Gasteiger partial charge in [0.1, 0.15) is 0 Å². The second-order valence-corrected chi connectivity index (χ2v) is 7.39. The third kappa shape index (κ3) is 3.04. The molecule has 25 heavy (non-hydrogen) atoms. The number of alkyl halides is 3. The average Bonchev–Trinajstić information content (AvgIpc) is 3.29. The number of thiazole rings is 1. The van der Waals surface area contributed by atoms with Crippen LogP contribution in [-0.2, 0) is 34.2 Å². The summed E-state index contributed by atoms with van der Waals surface area (Å²) in [5.41, 5.74) is 0.112. The smallest absolute Gasteiger partial charge is 0.375 e. The molecule has 0 bridgehead atoms. The Bertz CT molecular complexity index is 787. The molecule has 2 aromatic rings. The number of fused-ring (bicyclic) bond motifs is 1. The van der Waals surface area contributed by atoms with E-state index < -0.39 is 17.2 Å². The number of rotatable bonds is 3. The third-order valence-electron chi connectivity index (χ3n) is 4.66. The standard InChI is InChI=1S/C17H15F3N2O2S/c18-17(19,20)11-3-1-10(2-4-11)16(6-7-16)14(23)22-15-21-12-5-8-24-9-13(12)25-15/h1-4H,5-9H2,(H,21,22,23). The summed E-state index contributed by atoms with van der Waals surface area (Å²) < 4.78 is 43.4. The number of aromatic nitrogens is 1. The molecular weight excluding hydrogens is 353 g/mol. The molecule has 0 atom stereocenters. The molecular formula is C17H15F3N2O2S. The number of nitrogens with zero attached hydrogens (tertiary/aromatic N) is 1. The van der Waals surface area contributed by atoms with Gasteiger partial charge in [0.2, 0.25) is 5.91 Å². The van der Waals surface area contributed by atoms with Crippen LogP contribution in [0.1, 0.15) is 34.5 Å². The first-order valence-corrected chi connectivity index (χ1v) is 8.76. The summed E-state index contributed by atoms with van der Waals surface area (Å²) in [6.45, 7) is 1.13. The van der Waals surface area contributed by atoms with Gasteiger partial charge in [-0.05, 0) is 30.5 Å². The molecule has 0 saturated heterocycles. The largest absolute Gasteiger partial charge is 0.416 e. The lowest BCUT2D eigenvalue weighted by Gasteiger charge is -2.15. The van der Waals surface area contributed by atoms with Crippen molar-refractivity contribution in [2.45, 2.75) is 37.5 Å². The highest BCUT2D eigenvalue weighted by Gasteiger charge is 2.51. The van der Waals surface area contributed by atoms with Crippen LogP contribution in [0.15, 0.2) is 24.3 Å². The second-order valence-electron chi connectivity index (χ2n) is 6.30. The van der Waals surface area contributed by atoms with Crippen molar-refractivity contribution < 1.29 is 22.7 Å². The van der Waals surface area contributed by atoms with Gasteiger partial charge >= 0.3 is 6.18 Å². The van der Waals surface area contributed by atoms with Crippen LogP contribution in [0, 0.1) is 0 Å². The van der Waals surface area contributed by atoms with Crippen LogP contribution in [-0.4, -0.2) is 17.5 Å². The molecule has 4 nitrogen and oxygen atoms in total. The number of anilines is 1. The number of hydrogen-bond donors (Lipinski definition) is 1. The molecule has 4 rings (SSSR count). The zero-order valence-electron chi connectivity index (χ0n) is 13.2. The van der Waals surface area contributed by atoms with Gasteiger partial charge in [-0.1, -0.05) is 23.5 Å². The Morgan fingerprint density at radius 1 is 1.24 bits per heavy atom. The number of nitrogens with one attached hydrogen (secondary N) is 1. The summed E-state index contributed by atoms with van der Waals surface area (Å²) in [6.07, 6.45) is -2.40. The van der Waals surface area contributed by atoms with Crippen molar-refractivity contribution in [3.8, 4) is 0 Å². The molecule has 1 aliphatic carbocycles. The molecule has 1 amide bonds. The maximum absolute atomic E-state index is 12.7. The van der Waals surface area contributed by atoms with Crippen molar-refractivity contribution in [2.24, 2.45) is 0 Å². The fourth-order valence-electron chi connectivity index (χ4n) is 3.05. The van der Waals surface area contributed by atoms with Crippen molar-refractivity contribution in [1.29, 1.82) is 0 Å². The molecule has 2 aliphatic rings. The molecule has 2 heterocycles. The SMILES string of the molecule is O=C(Nc1nc2c(s1)COCC2)C1(c2ccc(C(F)(F)F)cc2)CC1. The van der Waals surface area contributed by atoms with Crippen LogP contribution in [0.3, 0.4) is 0 Å². The Kier molecular flexibility index (Phi) is 3.84. The van der Waals surface area contributed by atoms with Crippen molar-refractivity contribution in [2.75, 3.05) is 11.9 Å². The molecule has 1 aliphatic heterocycles. The van der Waals surface area contributed by atoms with Crippen LogP contribution >= 0.6 is 11.3 Å². The number of carbonyl (C=O) groups is 1. The maximum atomic E-state index is 12.7. The minimum absolute atomic E-state index is 0.209. The molecule has 1 aromatic heterocycles. The van der Waals surface area contributed by atoms with Crippen LogP contribution in [0.2, 0.25) is 0 Å². The maximum Gasteiger partial charge on any atom is 0.416 e. The highest BCUT2D eigenvalue weighted by molar-refractivity contribution is 7.15. The van der Waals surface area contributed by atoms with E-state index in [4.69, 9.17) is 4.74 Å². The monoisotopic (exact) mass is 368 g/mol. The van der Waals surface area contributed by atoms with Gasteiger partial charge in [-0.3, -0.25) is 4.79 Å². The molecule has 1 fully saturated rings. The van der Waals surface area contributed by atoms with Crippen molar-refractivity contribution in [3.05, 3.63) is 46.0 Å². The number of amides is 1. The summed E-state index contributed by atoms with van der Waals surface area (Å²) in [5, 5.41) is 3.36. The summed E-state index contributed by atoms with van der Waals surface area (Å²) in [7, 11) is 0. The quantitative estimate of drug-likeness (QED) is 0.894. The van der Waals surface area contributed by atoms with E-state index in [2.05, 4.69) is 10.3 Å². The first-order valence-electron chi connectivity index (χ1n) is 7.94. The van der Waals surface area contributed by atoms with Gasteiger partial charge in [0, 0.05) is 6.42 Å². The molecule has 0 spiro atoms. The van der Waals surface area contributed by atoms with Crippen molar-refractivity contribution in [1.82, 2.24) is 4.98 Å². The first-order chi connectivity index (χ1) is 11.9. The summed E-state index contributed by atoms with van der Waals surface area (Å²) in [5.74, 6) is -0.209. The lowest BCUT2D eigenvalue weighted by atomic mass is 9.94. The van der Waals surface area contributed by atoms with Gasteiger partial charge < -0.3 is 10.1 Å². The summed E-state index contributed by atoms with van der Waals surface area (Å²) in [4.78, 5) is 18.1. The summed E-state index contributed by atoms with van der Waals surface area (Å²) >= 11 is 1.39. The molecule has 0 unspecified atom stereocenters. The van der Waals surface area contributed by atoms with E-state index in [0.29, 0.717) is 36.8 Å². The zero-order chi connectivity index (χ0) is 17.7. The number of benzene rings is 1. The fraction of sp³-hybridized carbons (Fsp3) is 0.412. The minimum Gasteiger partial charge on any atom is -0.375 e. The van der Waals surface area contributed by atoms with E-state index in [1.165, 1.54) is 23.5 Å². The Hall–Kier alpha value is -1.93. The van der Waals surface area contributed by atoms with E-state index in [1.54, 1.807) is 0 Å². The van der Waals surface area contributed by atoms with Crippen LogP contribution in [0.4, 0.5) is 18.3 Å². The topological polar surface area (TPSA) is 51.2 Å². The van der Waals surface area contributed by atoms with E-state index in [-0.39, 0.29) is 5.91 Å². The zero-order valence-corrected chi connectivity index (χ0v) is 14.0. The highest BCUT2D eigenvalue weighted by atomic mass is 32.1. The fourth-order valence-corrected chi connectivity index (χ4v) is 3.99. The van der Waals surface area contributed by atoms with Gasteiger partial charge in [-0.25, -0.2) is 4.98 Å². The van der Waals surface area contributed by atoms with Gasteiger partial charge in [0.05, 0.1) is 34.8 Å². The van der Waals surface area contributed by atoms with Crippen LogP contribution in [0.25, 0.3) is 0 Å².